The van der Waals surface area contributed by atoms with Crippen LogP contribution in [0, 0.1) is 0 Å². The molecule has 4 rings (SSSR count). The van der Waals surface area contributed by atoms with Crippen molar-refractivity contribution in [3.8, 4) is 11.3 Å². The van der Waals surface area contributed by atoms with E-state index >= 15 is 0 Å². The van der Waals surface area contributed by atoms with Crippen LogP contribution in [-0.4, -0.2) is 4.98 Å². The topological polar surface area (TPSA) is 16.8 Å². The fourth-order valence-electron chi connectivity index (χ4n) is 2.84. The summed E-state index contributed by atoms with van der Waals surface area (Å²) < 4.78 is 2.28. The van der Waals surface area contributed by atoms with E-state index in [2.05, 4.69) is 65.4 Å². The highest BCUT2D eigenvalue weighted by Gasteiger charge is 2.14. The van der Waals surface area contributed by atoms with Crippen LogP contribution < -0.4 is 4.57 Å². The number of hydrogen-bond acceptors (Lipinski definition) is 1. The molecule has 2 nitrogen and oxygen atoms in total. The van der Waals surface area contributed by atoms with Crippen molar-refractivity contribution in [2.24, 2.45) is 0 Å². The lowest BCUT2D eigenvalue weighted by Gasteiger charge is -2.05. The molecule has 0 saturated carbocycles. The van der Waals surface area contributed by atoms with Gasteiger partial charge < -0.3 is 0 Å². The SMILES string of the molecule is c1ccc(C[n+]2cc(-c3ccccc3)nc3ccccc32)cc1. The van der Waals surface area contributed by atoms with Gasteiger partial charge in [0.15, 0.2) is 12.7 Å². The van der Waals surface area contributed by atoms with E-state index in [1.165, 1.54) is 5.56 Å². The quantitative estimate of drug-likeness (QED) is 0.517. The normalized spacial score (nSPS) is 10.8. The summed E-state index contributed by atoms with van der Waals surface area (Å²) in [5, 5.41) is 0. The van der Waals surface area contributed by atoms with Gasteiger partial charge in [0, 0.05) is 17.2 Å². The highest BCUT2D eigenvalue weighted by molar-refractivity contribution is 5.73. The number of benzene rings is 3. The summed E-state index contributed by atoms with van der Waals surface area (Å²) in [6.45, 7) is 0.837. The van der Waals surface area contributed by atoms with Crippen LogP contribution >= 0.6 is 0 Å². The van der Waals surface area contributed by atoms with Crippen molar-refractivity contribution in [1.82, 2.24) is 4.98 Å². The molecule has 110 valence electrons. The fraction of sp³-hybridized carbons (Fsp3) is 0.0476. The number of rotatable bonds is 3. The lowest BCUT2D eigenvalue weighted by atomic mass is 10.1. The van der Waals surface area contributed by atoms with Gasteiger partial charge in [-0.05, 0) is 6.07 Å². The van der Waals surface area contributed by atoms with Crippen molar-refractivity contribution in [3.63, 3.8) is 0 Å². The first-order valence-electron chi connectivity index (χ1n) is 7.79. The van der Waals surface area contributed by atoms with Crippen molar-refractivity contribution in [1.29, 1.82) is 0 Å². The van der Waals surface area contributed by atoms with Crippen LogP contribution in [0.25, 0.3) is 22.3 Å². The molecule has 0 saturated heterocycles. The molecule has 0 bridgehead atoms. The van der Waals surface area contributed by atoms with Crippen molar-refractivity contribution in [3.05, 3.63) is 96.7 Å². The van der Waals surface area contributed by atoms with Crippen molar-refractivity contribution in [2.45, 2.75) is 6.54 Å². The monoisotopic (exact) mass is 297 g/mol. The maximum absolute atomic E-state index is 4.83. The summed E-state index contributed by atoms with van der Waals surface area (Å²) in [6, 6.07) is 29.2. The maximum atomic E-state index is 4.83. The maximum Gasteiger partial charge on any atom is 0.231 e. The van der Waals surface area contributed by atoms with E-state index in [1.54, 1.807) is 0 Å². The van der Waals surface area contributed by atoms with E-state index in [0.29, 0.717) is 0 Å². The molecule has 0 spiro atoms. The van der Waals surface area contributed by atoms with E-state index in [1.807, 2.05) is 30.3 Å². The Bertz CT molecular complexity index is 931. The molecule has 2 heteroatoms. The van der Waals surface area contributed by atoms with Crippen LogP contribution in [0.1, 0.15) is 5.56 Å². The summed E-state index contributed by atoms with van der Waals surface area (Å²) in [5.74, 6) is 0. The Morgan fingerprint density at radius 2 is 1.35 bits per heavy atom. The van der Waals surface area contributed by atoms with Crippen LogP contribution in [0.3, 0.4) is 0 Å². The lowest BCUT2D eigenvalue weighted by Crippen LogP contribution is -2.35. The standard InChI is InChI=1S/C21H17N2/c1-3-9-17(10-4-1)15-23-16-20(18-11-5-2-6-12-18)22-19-13-7-8-14-21(19)23/h1-14,16H,15H2/q+1. The van der Waals surface area contributed by atoms with E-state index in [-0.39, 0.29) is 0 Å². The van der Waals surface area contributed by atoms with Gasteiger partial charge in [-0.1, -0.05) is 72.8 Å². The van der Waals surface area contributed by atoms with Crippen LogP contribution in [0.2, 0.25) is 0 Å². The molecule has 0 unspecified atom stereocenters. The van der Waals surface area contributed by atoms with Gasteiger partial charge in [-0.15, -0.1) is 0 Å². The number of para-hydroxylation sites is 2. The van der Waals surface area contributed by atoms with Crippen LogP contribution in [0.15, 0.2) is 91.1 Å². The van der Waals surface area contributed by atoms with E-state index in [4.69, 9.17) is 4.98 Å². The molecule has 23 heavy (non-hydrogen) atoms. The molecule has 0 aliphatic carbocycles. The average Bonchev–Trinajstić information content (AvgIpc) is 2.63. The predicted molar refractivity (Wildman–Crippen MR) is 92.9 cm³/mol. The second-order valence-electron chi connectivity index (χ2n) is 5.59. The van der Waals surface area contributed by atoms with Gasteiger partial charge in [0.05, 0.1) is 0 Å². The molecule has 0 aliphatic rings. The summed E-state index contributed by atoms with van der Waals surface area (Å²) in [7, 11) is 0. The van der Waals surface area contributed by atoms with Crippen LogP contribution in [-0.2, 0) is 6.54 Å². The van der Waals surface area contributed by atoms with E-state index in [9.17, 15) is 0 Å². The minimum atomic E-state index is 0.837. The summed E-state index contributed by atoms with van der Waals surface area (Å²) in [4.78, 5) is 4.83. The Kier molecular flexibility index (Phi) is 3.57. The summed E-state index contributed by atoms with van der Waals surface area (Å²) >= 11 is 0. The van der Waals surface area contributed by atoms with Gasteiger partial charge in [0.1, 0.15) is 11.2 Å². The average molecular weight is 297 g/mol. The molecular formula is C21H17N2+. The van der Waals surface area contributed by atoms with Gasteiger partial charge in [0.25, 0.3) is 0 Å². The number of nitrogens with zero attached hydrogens (tertiary/aromatic N) is 2. The lowest BCUT2D eigenvalue weighted by molar-refractivity contribution is -0.662. The highest BCUT2D eigenvalue weighted by atomic mass is 15.0. The Morgan fingerprint density at radius 3 is 2.13 bits per heavy atom. The molecule has 0 amide bonds. The third-order valence-electron chi connectivity index (χ3n) is 3.98. The van der Waals surface area contributed by atoms with Gasteiger partial charge in [-0.2, -0.15) is 4.57 Å². The number of fused-ring (bicyclic) bond motifs is 1. The zero-order valence-corrected chi connectivity index (χ0v) is 12.8. The molecule has 0 N–H and O–H groups in total. The van der Waals surface area contributed by atoms with Crippen LogP contribution in [0.5, 0.6) is 0 Å². The molecule has 1 aromatic heterocycles. The zero-order valence-electron chi connectivity index (χ0n) is 12.8. The van der Waals surface area contributed by atoms with Crippen molar-refractivity contribution < 1.29 is 4.57 Å². The second-order valence-corrected chi connectivity index (χ2v) is 5.59. The van der Waals surface area contributed by atoms with Crippen LogP contribution in [0.4, 0.5) is 0 Å². The molecule has 0 fully saturated rings. The zero-order chi connectivity index (χ0) is 15.5. The fourth-order valence-corrected chi connectivity index (χ4v) is 2.84. The molecule has 4 aromatic rings. The summed E-state index contributed by atoms with van der Waals surface area (Å²) in [6.07, 6.45) is 2.14. The first-order valence-corrected chi connectivity index (χ1v) is 7.79. The smallest absolute Gasteiger partial charge is 0.231 e. The highest BCUT2D eigenvalue weighted by Crippen LogP contribution is 2.18. The second kappa shape index (κ2) is 6.01. The Balaban J connectivity index is 1.87. The molecule has 3 aromatic carbocycles. The molecular weight excluding hydrogens is 280 g/mol. The predicted octanol–water partition coefficient (Wildman–Crippen LogP) is 4.24. The Labute approximate surface area is 135 Å². The summed E-state index contributed by atoms with van der Waals surface area (Å²) in [5.41, 5.74) is 5.59. The first kappa shape index (κ1) is 13.6. The minimum absolute atomic E-state index is 0.837. The number of aromatic nitrogens is 2. The van der Waals surface area contributed by atoms with E-state index in [0.717, 1.165) is 28.8 Å². The van der Waals surface area contributed by atoms with Gasteiger partial charge in [-0.3, -0.25) is 0 Å². The molecule has 0 aliphatic heterocycles. The third-order valence-corrected chi connectivity index (χ3v) is 3.98. The van der Waals surface area contributed by atoms with Gasteiger partial charge >= 0.3 is 0 Å². The first-order chi connectivity index (χ1) is 11.4. The Hall–Kier alpha value is -3.00. The largest absolute Gasteiger partial charge is 0.235 e. The van der Waals surface area contributed by atoms with Crippen molar-refractivity contribution >= 4 is 11.0 Å². The number of hydrogen-bond donors (Lipinski definition) is 0. The third kappa shape index (κ3) is 2.84. The molecule has 1 heterocycles. The van der Waals surface area contributed by atoms with Gasteiger partial charge in [0.2, 0.25) is 5.52 Å². The molecule has 0 atom stereocenters. The Morgan fingerprint density at radius 1 is 0.696 bits per heavy atom. The van der Waals surface area contributed by atoms with E-state index < -0.39 is 0 Å². The van der Waals surface area contributed by atoms with Crippen molar-refractivity contribution in [2.75, 3.05) is 0 Å². The molecule has 0 radical (unpaired) electrons. The van der Waals surface area contributed by atoms with Gasteiger partial charge in [-0.25, -0.2) is 4.98 Å². The minimum Gasteiger partial charge on any atom is -0.235 e.